The molecular formula is C44H42F3N5O4. The van der Waals surface area contributed by atoms with Crippen molar-refractivity contribution in [2.75, 3.05) is 43.6 Å². The van der Waals surface area contributed by atoms with Crippen LogP contribution in [0.2, 0.25) is 0 Å². The molecule has 1 saturated heterocycles. The van der Waals surface area contributed by atoms with Gasteiger partial charge in [0, 0.05) is 68.9 Å². The maximum atomic E-state index is 14.5. The van der Waals surface area contributed by atoms with Crippen molar-refractivity contribution in [3.63, 3.8) is 0 Å². The highest BCUT2D eigenvalue weighted by Crippen LogP contribution is 2.27. The Bertz CT molecular complexity index is 2090. The third kappa shape index (κ3) is 10.7. The molecule has 1 aliphatic heterocycles. The maximum absolute atomic E-state index is 14.5. The quantitative estimate of drug-likeness (QED) is 0.125. The molecule has 1 aromatic heterocycles. The Hall–Kier alpha value is -6.27. The number of nitrogens with zero attached hydrogens (tertiary/aromatic N) is 4. The molecule has 0 aliphatic carbocycles. The minimum atomic E-state index is -4.59. The molecule has 1 unspecified atom stereocenters. The molecule has 288 valence electrons. The van der Waals surface area contributed by atoms with Crippen molar-refractivity contribution >= 4 is 35.2 Å². The van der Waals surface area contributed by atoms with Crippen molar-refractivity contribution in [2.24, 2.45) is 0 Å². The highest BCUT2D eigenvalue weighted by atomic mass is 19.4. The molecule has 56 heavy (non-hydrogen) atoms. The van der Waals surface area contributed by atoms with E-state index in [9.17, 15) is 27.6 Å². The third-order valence-corrected chi connectivity index (χ3v) is 9.42. The number of likely N-dealkylation sites (N-methyl/N-ethyl adjacent to an activating group) is 1. The summed E-state index contributed by atoms with van der Waals surface area (Å²) in [7, 11) is 1.68. The second kappa shape index (κ2) is 18.4. The van der Waals surface area contributed by atoms with E-state index in [1.807, 2.05) is 72.8 Å². The molecule has 2 heterocycles. The summed E-state index contributed by atoms with van der Waals surface area (Å²) in [5, 5.41) is 2.88. The number of halogens is 3. The van der Waals surface area contributed by atoms with Gasteiger partial charge in [0.25, 0.3) is 5.91 Å². The summed E-state index contributed by atoms with van der Waals surface area (Å²) in [6.07, 6.45) is -0.665. The fourth-order valence-electron chi connectivity index (χ4n) is 6.37. The van der Waals surface area contributed by atoms with E-state index >= 15 is 0 Å². The number of hydrogen-bond acceptors (Lipinski definition) is 6. The molecule has 12 heteroatoms. The van der Waals surface area contributed by atoms with E-state index in [2.05, 4.69) is 15.2 Å². The molecule has 0 saturated carbocycles. The number of nitrogens with one attached hydrogen (secondary N) is 1. The van der Waals surface area contributed by atoms with Crippen molar-refractivity contribution in [3.8, 4) is 0 Å². The minimum absolute atomic E-state index is 0.0880. The summed E-state index contributed by atoms with van der Waals surface area (Å²) in [6.45, 7) is 3.11. The van der Waals surface area contributed by atoms with Gasteiger partial charge in [-0.25, -0.2) is 0 Å². The number of pyridine rings is 1. The number of rotatable bonds is 13. The van der Waals surface area contributed by atoms with Gasteiger partial charge in [0.05, 0.1) is 13.2 Å². The lowest BCUT2D eigenvalue weighted by Crippen LogP contribution is -2.50. The van der Waals surface area contributed by atoms with E-state index < -0.39 is 23.8 Å². The summed E-state index contributed by atoms with van der Waals surface area (Å²) in [5.41, 5.74) is 3.86. The van der Waals surface area contributed by atoms with Crippen molar-refractivity contribution in [1.29, 1.82) is 0 Å². The van der Waals surface area contributed by atoms with Crippen LogP contribution >= 0.6 is 0 Å². The molecule has 0 radical (unpaired) electrons. The molecule has 0 spiro atoms. The molecule has 3 amide bonds. The second-order valence-corrected chi connectivity index (χ2v) is 13.5. The van der Waals surface area contributed by atoms with Crippen LogP contribution in [-0.2, 0) is 40.0 Å². The Balaban J connectivity index is 1.26. The van der Waals surface area contributed by atoms with Crippen LogP contribution in [0.4, 0.5) is 24.5 Å². The fourth-order valence-corrected chi connectivity index (χ4v) is 6.37. The SMILES string of the molecule is CN(Cc1ccc(NC(=O)c2ccccc2)cc1)C(=O)C(Cc1ccccc1)N(Cc1ccc(N2CCOCC2)cc1)C(=O)C=Cc1ccc(C(F)(F)F)nc1. The van der Waals surface area contributed by atoms with E-state index in [-0.39, 0.29) is 31.3 Å². The summed E-state index contributed by atoms with van der Waals surface area (Å²) in [6, 6.07) is 34.5. The smallest absolute Gasteiger partial charge is 0.378 e. The largest absolute Gasteiger partial charge is 0.433 e. The topological polar surface area (TPSA) is 95.1 Å². The zero-order valence-electron chi connectivity index (χ0n) is 30.9. The maximum Gasteiger partial charge on any atom is 0.433 e. The molecule has 1 atom stereocenters. The molecule has 1 N–H and O–H groups in total. The fraction of sp³-hybridized carbons (Fsp3) is 0.227. The molecule has 6 rings (SSSR count). The number of morpholine rings is 1. The van der Waals surface area contributed by atoms with Crippen molar-refractivity contribution in [3.05, 3.63) is 167 Å². The van der Waals surface area contributed by atoms with Crippen LogP contribution in [0.1, 0.15) is 38.3 Å². The first-order chi connectivity index (χ1) is 27.0. The first kappa shape index (κ1) is 39.4. The number of aromatic nitrogens is 1. The Morgan fingerprint density at radius 1 is 0.804 bits per heavy atom. The van der Waals surface area contributed by atoms with E-state index in [0.29, 0.717) is 30.0 Å². The lowest BCUT2D eigenvalue weighted by molar-refractivity contribution is -0.143. The van der Waals surface area contributed by atoms with Gasteiger partial charge in [-0.1, -0.05) is 78.9 Å². The number of amides is 3. The van der Waals surface area contributed by atoms with Crippen LogP contribution in [0, 0.1) is 0 Å². The zero-order chi connectivity index (χ0) is 39.5. The van der Waals surface area contributed by atoms with Crippen molar-refractivity contribution < 1.29 is 32.3 Å². The van der Waals surface area contributed by atoms with Crippen LogP contribution in [0.5, 0.6) is 0 Å². The molecule has 0 bridgehead atoms. The van der Waals surface area contributed by atoms with Crippen LogP contribution in [0.25, 0.3) is 6.08 Å². The van der Waals surface area contributed by atoms with Crippen LogP contribution in [-0.4, -0.2) is 71.9 Å². The Kier molecular flexibility index (Phi) is 12.9. The summed E-state index contributed by atoms with van der Waals surface area (Å²) >= 11 is 0. The molecule has 1 fully saturated rings. The highest BCUT2D eigenvalue weighted by molar-refractivity contribution is 6.04. The van der Waals surface area contributed by atoms with Crippen molar-refractivity contribution in [2.45, 2.75) is 31.7 Å². The Morgan fingerprint density at radius 2 is 1.43 bits per heavy atom. The third-order valence-electron chi connectivity index (χ3n) is 9.42. The number of alkyl halides is 3. The number of carbonyl (C=O) groups excluding carboxylic acids is 3. The molecule has 4 aromatic carbocycles. The minimum Gasteiger partial charge on any atom is -0.378 e. The van der Waals surface area contributed by atoms with Crippen LogP contribution in [0.3, 0.4) is 0 Å². The predicted octanol–water partition coefficient (Wildman–Crippen LogP) is 7.50. The lowest BCUT2D eigenvalue weighted by Gasteiger charge is -2.34. The number of carbonyl (C=O) groups is 3. The van der Waals surface area contributed by atoms with Crippen LogP contribution in [0.15, 0.2) is 134 Å². The van der Waals surface area contributed by atoms with Gasteiger partial charge in [-0.15, -0.1) is 0 Å². The van der Waals surface area contributed by atoms with Gasteiger partial charge in [0.15, 0.2) is 0 Å². The van der Waals surface area contributed by atoms with Gasteiger partial charge in [-0.2, -0.15) is 13.2 Å². The Morgan fingerprint density at radius 3 is 2.05 bits per heavy atom. The summed E-state index contributed by atoms with van der Waals surface area (Å²) in [5.74, 6) is -1.04. The van der Waals surface area contributed by atoms with E-state index in [1.54, 1.807) is 48.3 Å². The lowest BCUT2D eigenvalue weighted by atomic mass is 10.0. The number of ether oxygens (including phenoxy) is 1. The number of benzene rings is 4. The molecular weight excluding hydrogens is 720 g/mol. The first-order valence-corrected chi connectivity index (χ1v) is 18.2. The molecule has 5 aromatic rings. The van der Waals surface area contributed by atoms with Crippen LogP contribution < -0.4 is 10.2 Å². The molecule has 1 aliphatic rings. The van der Waals surface area contributed by atoms with E-state index in [1.165, 1.54) is 23.1 Å². The highest BCUT2D eigenvalue weighted by Gasteiger charge is 2.33. The van der Waals surface area contributed by atoms with Gasteiger partial charge in [-0.05, 0) is 70.8 Å². The van der Waals surface area contributed by atoms with Gasteiger partial charge in [0.1, 0.15) is 11.7 Å². The number of hydrogen-bond donors (Lipinski definition) is 1. The van der Waals surface area contributed by atoms with E-state index in [4.69, 9.17) is 4.74 Å². The average molecular weight is 762 g/mol. The monoisotopic (exact) mass is 761 g/mol. The van der Waals surface area contributed by atoms with E-state index in [0.717, 1.165) is 47.7 Å². The average Bonchev–Trinajstić information content (AvgIpc) is 3.22. The normalized spacial score (nSPS) is 13.6. The standard InChI is InChI=1S/C44H42F3N5O4/c1-50(30-34-12-18-37(19-13-34)49-42(54)36-10-6-3-7-11-36)43(55)39(28-32-8-4-2-5-9-32)52(31-35-14-20-38(21-15-35)51-24-26-56-27-25-51)41(53)23-17-33-16-22-40(48-29-33)44(45,46)47/h2-23,29,39H,24-28,30-31H2,1H3,(H,49,54). The van der Waals surface area contributed by atoms with Gasteiger partial charge < -0.3 is 24.8 Å². The second-order valence-electron chi connectivity index (χ2n) is 13.5. The zero-order valence-corrected chi connectivity index (χ0v) is 30.9. The number of anilines is 2. The molecule has 9 nitrogen and oxygen atoms in total. The van der Waals surface area contributed by atoms with Crippen molar-refractivity contribution in [1.82, 2.24) is 14.8 Å². The van der Waals surface area contributed by atoms with Gasteiger partial charge >= 0.3 is 6.18 Å². The summed E-state index contributed by atoms with van der Waals surface area (Å²) < 4.78 is 44.9. The van der Waals surface area contributed by atoms with Gasteiger partial charge in [0.2, 0.25) is 11.8 Å². The Labute approximate surface area is 324 Å². The predicted molar refractivity (Wildman–Crippen MR) is 210 cm³/mol. The first-order valence-electron chi connectivity index (χ1n) is 18.2. The van der Waals surface area contributed by atoms with Gasteiger partial charge in [-0.3, -0.25) is 19.4 Å². The summed E-state index contributed by atoms with van der Waals surface area (Å²) in [4.78, 5) is 50.2.